The van der Waals surface area contributed by atoms with Gasteiger partial charge < -0.3 is 10.6 Å². The molecule has 0 saturated heterocycles. The van der Waals surface area contributed by atoms with Crippen LogP contribution in [0.25, 0.3) is 0 Å². The second-order valence-electron chi connectivity index (χ2n) is 7.54. The molecule has 6 nitrogen and oxygen atoms in total. The molecule has 2 aromatic carbocycles. The molecule has 10 heteroatoms. The van der Waals surface area contributed by atoms with E-state index in [-0.39, 0.29) is 18.2 Å². The Morgan fingerprint density at radius 2 is 1.88 bits per heavy atom. The van der Waals surface area contributed by atoms with Gasteiger partial charge in [-0.15, -0.1) is 0 Å². The van der Waals surface area contributed by atoms with Gasteiger partial charge in [0.1, 0.15) is 11.6 Å². The molecule has 0 amide bonds. The Balaban J connectivity index is 1.42. The third kappa shape index (κ3) is 5.37. The largest absolute Gasteiger partial charge is 0.330 e. The number of hydrogen-bond donors (Lipinski definition) is 2. The molecule has 170 valence electrons. The van der Waals surface area contributed by atoms with Crippen LogP contribution in [-0.4, -0.2) is 24.7 Å². The first kappa shape index (κ1) is 22.9. The molecule has 0 saturated carbocycles. The van der Waals surface area contributed by atoms with Crippen LogP contribution < -0.4 is 10.6 Å². The lowest BCUT2D eigenvalue weighted by Crippen LogP contribution is -2.19. The molecule has 0 aliphatic rings. The second-order valence-corrected chi connectivity index (χ2v) is 8.35. The molecule has 0 fully saturated rings. The van der Waals surface area contributed by atoms with Crippen LogP contribution in [0.1, 0.15) is 22.5 Å². The van der Waals surface area contributed by atoms with Gasteiger partial charge in [0.25, 0.3) is 0 Å². The minimum atomic E-state index is -0.378. The number of benzene rings is 2. The van der Waals surface area contributed by atoms with Crippen molar-refractivity contribution >= 4 is 40.3 Å². The van der Waals surface area contributed by atoms with Crippen molar-refractivity contribution in [3.8, 4) is 0 Å². The van der Waals surface area contributed by atoms with E-state index in [1.807, 2.05) is 19.9 Å². The van der Waals surface area contributed by atoms with Gasteiger partial charge in [-0.05, 0) is 55.9 Å². The highest BCUT2D eigenvalue weighted by Gasteiger charge is 2.16. The highest BCUT2D eigenvalue weighted by atomic mass is 35.5. The van der Waals surface area contributed by atoms with Gasteiger partial charge in [0, 0.05) is 16.8 Å². The standard InChI is InChI=1S/C23H21ClF2N6S/c1-14-22(15(2)32(30-14)13-19-20(24)7-4-8-21(19)26)29-23(33)28-18-10-27-31(12-18)11-16-5-3-6-17(25)9-16/h3-10,12H,11,13H2,1-2H3,(H2,28,29,33). The van der Waals surface area contributed by atoms with Gasteiger partial charge in [-0.3, -0.25) is 9.36 Å². The Labute approximate surface area is 200 Å². The summed E-state index contributed by atoms with van der Waals surface area (Å²) in [6, 6.07) is 11.0. The number of aryl methyl sites for hydroxylation is 1. The molecule has 0 unspecified atom stereocenters. The number of nitrogens with one attached hydrogen (secondary N) is 2. The van der Waals surface area contributed by atoms with Crippen LogP contribution in [0, 0.1) is 25.5 Å². The molecule has 4 rings (SSSR count). The average Bonchev–Trinajstić information content (AvgIpc) is 3.29. The van der Waals surface area contributed by atoms with Gasteiger partial charge >= 0.3 is 0 Å². The fraction of sp³-hybridized carbons (Fsp3) is 0.174. The summed E-state index contributed by atoms with van der Waals surface area (Å²) in [5.74, 6) is -0.663. The lowest BCUT2D eigenvalue weighted by Gasteiger charge is -2.11. The predicted molar refractivity (Wildman–Crippen MR) is 130 cm³/mol. The van der Waals surface area contributed by atoms with Crippen LogP contribution in [0.15, 0.2) is 54.9 Å². The van der Waals surface area contributed by atoms with Crippen LogP contribution >= 0.6 is 23.8 Å². The number of nitrogens with zero attached hydrogens (tertiary/aromatic N) is 4. The van der Waals surface area contributed by atoms with E-state index in [0.717, 1.165) is 16.9 Å². The zero-order valence-corrected chi connectivity index (χ0v) is 19.5. The minimum Gasteiger partial charge on any atom is -0.330 e. The molecule has 2 N–H and O–H groups in total. The molecule has 0 spiro atoms. The van der Waals surface area contributed by atoms with Crippen LogP contribution in [0.5, 0.6) is 0 Å². The summed E-state index contributed by atoms with van der Waals surface area (Å²) in [6.07, 6.45) is 3.42. The predicted octanol–water partition coefficient (Wildman–Crippen LogP) is 5.53. The van der Waals surface area contributed by atoms with Crippen molar-refractivity contribution in [2.24, 2.45) is 0 Å². The molecule has 2 aromatic heterocycles. The Morgan fingerprint density at radius 3 is 2.64 bits per heavy atom. The van der Waals surface area contributed by atoms with Crippen LogP contribution in [-0.2, 0) is 13.1 Å². The van der Waals surface area contributed by atoms with E-state index in [0.29, 0.717) is 33.6 Å². The Bertz CT molecular complexity index is 1300. The van der Waals surface area contributed by atoms with Crippen LogP contribution in [0.4, 0.5) is 20.2 Å². The molecule has 0 atom stereocenters. The molecule has 0 aliphatic heterocycles. The Hall–Kier alpha value is -3.30. The van der Waals surface area contributed by atoms with Gasteiger partial charge in [-0.2, -0.15) is 10.2 Å². The normalized spacial score (nSPS) is 10.9. The van der Waals surface area contributed by atoms with Gasteiger partial charge in [-0.1, -0.05) is 29.8 Å². The van der Waals surface area contributed by atoms with Gasteiger partial charge in [0.15, 0.2) is 5.11 Å². The first-order valence-electron chi connectivity index (χ1n) is 10.1. The summed E-state index contributed by atoms with van der Waals surface area (Å²) in [4.78, 5) is 0. The number of aromatic nitrogens is 4. The summed E-state index contributed by atoms with van der Waals surface area (Å²) in [7, 11) is 0. The van der Waals surface area contributed by atoms with Crippen LogP contribution in [0.2, 0.25) is 5.02 Å². The Kier molecular flexibility index (Phi) is 6.71. The number of hydrogen-bond acceptors (Lipinski definition) is 3. The third-order valence-electron chi connectivity index (χ3n) is 5.11. The average molecular weight is 487 g/mol. The zero-order chi connectivity index (χ0) is 23.5. The van der Waals surface area contributed by atoms with Crippen molar-refractivity contribution in [2.75, 3.05) is 10.6 Å². The summed E-state index contributed by atoms with van der Waals surface area (Å²) < 4.78 is 30.9. The van der Waals surface area contributed by atoms with Crippen LogP contribution in [0.3, 0.4) is 0 Å². The van der Waals surface area contributed by atoms with Gasteiger partial charge in [0.2, 0.25) is 0 Å². The summed E-state index contributed by atoms with van der Waals surface area (Å²) in [5.41, 5.74) is 4.10. The number of halogens is 3. The van der Waals surface area contributed by atoms with E-state index in [4.69, 9.17) is 23.8 Å². The molecule has 0 aliphatic carbocycles. The summed E-state index contributed by atoms with van der Waals surface area (Å²) in [5, 5.41) is 15.7. The maximum Gasteiger partial charge on any atom is 0.175 e. The maximum absolute atomic E-state index is 14.2. The van der Waals surface area contributed by atoms with Crippen molar-refractivity contribution in [3.63, 3.8) is 0 Å². The quantitative estimate of drug-likeness (QED) is 0.351. The number of anilines is 2. The Morgan fingerprint density at radius 1 is 1.09 bits per heavy atom. The number of thiocarbonyl (C=S) groups is 1. The third-order valence-corrected chi connectivity index (χ3v) is 5.67. The molecular weight excluding hydrogens is 466 g/mol. The van der Waals surface area contributed by atoms with Crippen molar-refractivity contribution in [1.82, 2.24) is 19.6 Å². The summed E-state index contributed by atoms with van der Waals surface area (Å²) >= 11 is 11.6. The van der Waals surface area contributed by atoms with Gasteiger partial charge in [0.05, 0.1) is 42.0 Å². The number of rotatable bonds is 6. The van der Waals surface area contributed by atoms with Gasteiger partial charge in [-0.25, -0.2) is 8.78 Å². The molecule has 0 bridgehead atoms. The summed E-state index contributed by atoms with van der Waals surface area (Å²) in [6.45, 7) is 4.35. The highest BCUT2D eigenvalue weighted by molar-refractivity contribution is 7.80. The smallest absolute Gasteiger partial charge is 0.175 e. The fourth-order valence-electron chi connectivity index (χ4n) is 3.48. The molecule has 4 aromatic rings. The fourth-order valence-corrected chi connectivity index (χ4v) is 3.92. The minimum absolute atomic E-state index is 0.201. The maximum atomic E-state index is 14.2. The lowest BCUT2D eigenvalue weighted by atomic mass is 10.2. The second kappa shape index (κ2) is 9.68. The molecule has 33 heavy (non-hydrogen) atoms. The van der Waals surface area contributed by atoms with E-state index >= 15 is 0 Å². The highest BCUT2D eigenvalue weighted by Crippen LogP contribution is 2.24. The molecule has 2 heterocycles. The topological polar surface area (TPSA) is 59.7 Å². The van der Waals surface area contributed by atoms with Crippen molar-refractivity contribution in [1.29, 1.82) is 0 Å². The zero-order valence-electron chi connectivity index (χ0n) is 17.9. The monoisotopic (exact) mass is 486 g/mol. The van der Waals surface area contributed by atoms with E-state index < -0.39 is 0 Å². The lowest BCUT2D eigenvalue weighted by molar-refractivity contribution is 0.579. The van der Waals surface area contributed by atoms with E-state index in [1.165, 1.54) is 18.2 Å². The molecular formula is C23H21ClF2N6S. The van der Waals surface area contributed by atoms with Crippen molar-refractivity contribution in [3.05, 3.63) is 94.0 Å². The SMILES string of the molecule is Cc1nn(Cc2c(F)cccc2Cl)c(C)c1NC(=S)Nc1cnn(Cc2cccc(F)c2)c1. The van der Waals surface area contributed by atoms with Crippen molar-refractivity contribution < 1.29 is 8.78 Å². The molecule has 0 radical (unpaired) electrons. The van der Waals surface area contributed by atoms with E-state index in [2.05, 4.69) is 20.8 Å². The first-order valence-corrected chi connectivity index (χ1v) is 10.9. The van der Waals surface area contributed by atoms with E-state index in [9.17, 15) is 8.78 Å². The van der Waals surface area contributed by atoms with Crippen molar-refractivity contribution in [2.45, 2.75) is 26.9 Å². The van der Waals surface area contributed by atoms with E-state index in [1.54, 1.807) is 40.0 Å². The first-order chi connectivity index (χ1) is 15.8.